The van der Waals surface area contributed by atoms with E-state index < -0.39 is 0 Å². The number of carbonyl (C=O) groups excluding carboxylic acids is 2. The molecule has 118 valence electrons. The van der Waals surface area contributed by atoms with Gasteiger partial charge in [-0.25, -0.2) is 5.01 Å². The van der Waals surface area contributed by atoms with Crippen LogP contribution in [0.5, 0.6) is 0 Å². The van der Waals surface area contributed by atoms with E-state index in [1.54, 1.807) is 5.01 Å². The van der Waals surface area contributed by atoms with Gasteiger partial charge in [-0.05, 0) is 19.3 Å². The maximum Gasteiger partial charge on any atom is 0.305 e. The molecule has 5 nitrogen and oxygen atoms in total. The maximum absolute atomic E-state index is 12.0. The molecule has 0 spiro atoms. The van der Waals surface area contributed by atoms with Crippen LogP contribution in [0.2, 0.25) is 0 Å². The lowest BCUT2D eigenvalue weighted by atomic mass is 10.1. The van der Waals surface area contributed by atoms with E-state index in [0.29, 0.717) is 12.8 Å². The fraction of sp³-hybridized carbons (Fsp3) is 0.867. The number of esters is 1. The highest BCUT2D eigenvalue weighted by molar-refractivity contribution is 5.75. The monoisotopic (exact) mass is 286 g/mol. The Morgan fingerprint density at radius 2 is 1.50 bits per heavy atom. The second kappa shape index (κ2) is 11.7. The van der Waals surface area contributed by atoms with Gasteiger partial charge < -0.3 is 4.74 Å². The molecule has 0 saturated carbocycles. The molecule has 0 aromatic carbocycles. The van der Waals surface area contributed by atoms with Crippen LogP contribution in [0.3, 0.4) is 0 Å². The minimum Gasteiger partial charge on any atom is -0.469 e. The molecule has 1 amide bonds. The molecule has 0 aliphatic heterocycles. The molecule has 0 aromatic heterocycles. The van der Waals surface area contributed by atoms with Crippen molar-refractivity contribution < 1.29 is 14.3 Å². The molecule has 0 radical (unpaired) electrons. The van der Waals surface area contributed by atoms with E-state index in [1.807, 2.05) is 19.1 Å². The van der Waals surface area contributed by atoms with Gasteiger partial charge in [0.1, 0.15) is 0 Å². The second-order valence-corrected chi connectivity index (χ2v) is 5.21. The van der Waals surface area contributed by atoms with Crippen LogP contribution in [-0.2, 0) is 14.3 Å². The third-order valence-electron chi connectivity index (χ3n) is 3.21. The Labute approximate surface area is 123 Å². The Balaban J connectivity index is 3.63. The van der Waals surface area contributed by atoms with Crippen LogP contribution in [0, 0.1) is 0 Å². The second-order valence-electron chi connectivity index (χ2n) is 5.21. The number of amides is 1. The van der Waals surface area contributed by atoms with Crippen LogP contribution in [0.4, 0.5) is 0 Å². The minimum absolute atomic E-state index is 0.138. The van der Waals surface area contributed by atoms with Crippen LogP contribution in [-0.4, -0.2) is 49.6 Å². The van der Waals surface area contributed by atoms with Gasteiger partial charge in [-0.1, -0.05) is 26.2 Å². The molecule has 0 atom stereocenters. The summed E-state index contributed by atoms with van der Waals surface area (Å²) in [6.45, 7) is 2.86. The van der Waals surface area contributed by atoms with E-state index >= 15 is 0 Å². The average Bonchev–Trinajstić information content (AvgIpc) is 2.42. The normalized spacial score (nSPS) is 10.7. The van der Waals surface area contributed by atoms with Crippen molar-refractivity contribution >= 4 is 11.9 Å². The zero-order valence-corrected chi connectivity index (χ0v) is 13.5. The first kappa shape index (κ1) is 18.9. The number of methoxy groups -OCH3 is 1. The Kier molecular flexibility index (Phi) is 11.1. The van der Waals surface area contributed by atoms with Crippen molar-refractivity contribution in [1.29, 1.82) is 0 Å². The van der Waals surface area contributed by atoms with Crippen LogP contribution in [0.25, 0.3) is 0 Å². The van der Waals surface area contributed by atoms with Crippen molar-refractivity contribution in [1.82, 2.24) is 10.0 Å². The number of hydrogen-bond donors (Lipinski definition) is 0. The van der Waals surface area contributed by atoms with Crippen LogP contribution < -0.4 is 0 Å². The first-order valence-electron chi connectivity index (χ1n) is 7.57. The molecule has 0 fully saturated rings. The topological polar surface area (TPSA) is 49.9 Å². The predicted molar refractivity (Wildman–Crippen MR) is 80.0 cm³/mol. The SMILES string of the molecule is CCCN(C(=O)CCCCCCCC(=O)OC)N(C)C. The molecular formula is C15H30N2O3. The van der Waals surface area contributed by atoms with Crippen molar-refractivity contribution in [2.75, 3.05) is 27.7 Å². The summed E-state index contributed by atoms with van der Waals surface area (Å²) in [5, 5.41) is 3.67. The van der Waals surface area contributed by atoms with Crippen molar-refractivity contribution in [3.8, 4) is 0 Å². The number of hydrogen-bond acceptors (Lipinski definition) is 4. The predicted octanol–water partition coefficient (Wildman–Crippen LogP) is 2.61. The van der Waals surface area contributed by atoms with E-state index in [9.17, 15) is 9.59 Å². The molecule has 0 aliphatic carbocycles. The van der Waals surface area contributed by atoms with Gasteiger partial charge >= 0.3 is 5.97 Å². The third kappa shape index (κ3) is 8.91. The van der Waals surface area contributed by atoms with Gasteiger partial charge in [-0.3, -0.25) is 14.6 Å². The molecule has 0 rings (SSSR count). The van der Waals surface area contributed by atoms with Gasteiger partial charge in [-0.2, -0.15) is 0 Å². The van der Waals surface area contributed by atoms with E-state index in [2.05, 4.69) is 11.7 Å². The number of ether oxygens (including phenoxy) is 1. The average molecular weight is 286 g/mol. The Morgan fingerprint density at radius 3 is 2.00 bits per heavy atom. The lowest BCUT2D eigenvalue weighted by Crippen LogP contribution is -2.42. The summed E-state index contributed by atoms with van der Waals surface area (Å²) in [6.07, 6.45) is 7.01. The highest BCUT2D eigenvalue weighted by atomic mass is 16.5. The van der Waals surface area contributed by atoms with Gasteiger partial charge in [0.05, 0.1) is 7.11 Å². The van der Waals surface area contributed by atoms with Gasteiger partial charge in [0.2, 0.25) is 5.91 Å². The molecule has 0 saturated heterocycles. The molecular weight excluding hydrogens is 256 g/mol. The summed E-state index contributed by atoms with van der Waals surface area (Å²) in [4.78, 5) is 22.9. The van der Waals surface area contributed by atoms with Crippen molar-refractivity contribution in [2.45, 2.75) is 58.3 Å². The van der Waals surface area contributed by atoms with Crippen molar-refractivity contribution in [3.63, 3.8) is 0 Å². The molecule has 0 aliphatic rings. The van der Waals surface area contributed by atoms with Gasteiger partial charge in [0.25, 0.3) is 0 Å². The zero-order chi connectivity index (χ0) is 15.4. The van der Waals surface area contributed by atoms with Gasteiger partial charge in [-0.15, -0.1) is 0 Å². The molecule has 0 aromatic rings. The smallest absolute Gasteiger partial charge is 0.305 e. The summed E-state index contributed by atoms with van der Waals surface area (Å²) in [5.41, 5.74) is 0. The van der Waals surface area contributed by atoms with Crippen LogP contribution >= 0.6 is 0 Å². The number of hydrazine groups is 1. The van der Waals surface area contributed by atoms with Crippen molar-refractivity contribution in [2.24, 2.45) is 0 Å². The molecule has 0 unspecified atom stereocenters. The summed E-state index contributed by atoms with van der Waals surface area (Å²) >= 11 is 0. The third-order valence-corrected chi connectivity index (χ3v) is 3.21. The standard InChI is InChI=1S/C15H30N2O3/c1-5-13-17(16(2)3)14(18)11-9-7-6-8-10-12-15(19)20-4/h5-13H2,1-4H3. The first-order chi connectivity index (χ1) is 9.52. The Bertz CT molecular complexity index is 280. The number of nitrogens with zero attached hydrogens (tertiary/aromatic N) is 2. The quantitative estimate of drug-likeness (QED) is 0.333. The summed E-state index contributed by atoms with van der Waals surface area (Å²) in [5.74, 6) is 0.0628. The molecule has 0 bridgehead atoms. The Hall–Kier alpha value is -1.10. The van der Waals surface area contributed by atoms with Crippen molar-refractivity contribution in [3.05, 3.63) is 0 Å². The van der Waals surface area contributed by atoms with Crippen LogP contribution in [0.1, 0.15) is 58.3 Å². The summed E-state index contributed by atoms with van der Waals surface area (Å²) in [7, 11) is 5.22. The fourth-order valence-corrected chi connectivity index (χ4v) is 2.07. The molecule has 0 N–H and O–H groups in total. The largest absolute Gasteiger partial charge is 0.469 e. The number of carbonyl (C=O) groups is 2. The minimum atomic E-state index is -0.138. The number of unbranched alkanes of at least 4 members (excludes halogenated alkanes) is 4. The Morgan fingerprint density at radius 1 is 0.950 bits per heavy atom. The molecule has 0 heterocycles. The van der Waals surface area contributed by atoms with E-state index in [0.717, 1.165) is 45.1 Å². The number of rotatable bonds is 11. The highest BCUT2D eigenvalue weighted by Crippen LogP contribution is 2.09. The lowest BCUT2D eigenvalue weighted by molar-refractivity contribution is -0.145. The highest BCUT2D eigenvalue weighted by Gasteiger charge is 2.13. The van der Waals surface area contributed by atoms with Gasteiger partial charge in [0.15, 0.2) is 0 Å². The first-order valence-corrected chi connectivity index (χ1v) is 7.57. The molecule has 20 heavy (non-hydrogen) atoms. The molecule has 5 heteroatoms. The van der Waals surface area contributed by atoms with Gasteiger partial charge in [0, 0.05) is 33.5 Å². The van der Waals surface area contributed by atoms with E-state index in [1.165, 1.54) is 7.11 Å². The van der Waals surface area contributed by atoms with E-state index in [4.69, 9.17) is 0 Å². The summed E-state index contributed by atoms with van der Waals surface area (Å²) in [6, 6.07) is 0. The zero-order valence-electron chi connectivity index (χ0n) is 13.5. The van der Waals surface area contributed by atoms with Crippen LogP contribution in [0.15, 0.2) is 0 Å². The maximum atomic E-state index is 12.0. The summed E-state index contributed by atoms with van der Waals surface area (Å²) < 4.78 is 4.59. The fourth-order valence-electron chi connectivity index (χ4n) is 2.07. The lowest BCUT2D eigenvalue weighted by Gasteiger charge is -2.28. The van der Waals surface area contributed by atoms with E-state index in [-0.39, 0.29) is 11.9 Å².